The molecular weight excluding hydrogens is 318 g/mol. The average molecular weight is 343 g/mol. The Balaban J connectivity index is 1.36. The number of rotatable bonds is 3. The molecule has 2 aromatic rings. The highest BCUT2D eigenvalue weighted by Gasteiger charge is 2.29. The number of carbonyl (C=O) groups is 1. The van der Waals surface area contributed by atoms with Crippen LogP contribution in [0.1, 0.15) is 26.2 Å². The van der Waals surface area contributed by atoms with Crippen LogP contribution in [0.3, 0.4) is 0 Å². The van der Waals surface area contributed by atoms with Crippen molar-refractivity contribution in [3.8, 4) is 0 Å². The molecule has 1 atom stereocenters. The van der Waals surface area contributed by atoms with Gasteiger partial charge in [0.25, 0.3) is 0 Å². The lowest BCUT2D eigenvalue weighted by Gasteiger charge is -2.39. The smallest absolute Gasteiger partial charge is 0.239 e. The summed E-state index contributed by atoms with van der Waals surface area (Å²) in [6.45, 7) is 7.40. The first-order valence-electron chi connectivity index (χ1n) is 9.17. The standard InChI is InChI=1S/C17H25N7O/c1-14(17(25)23-7-3-2-4-8-23)21-9-11-22(12-10-21)16-6-5-15-19-18-13-24(15)20-16/h5-6,13-14H,2-4,7-12H2,1H3/t14-/m0/s1. The molecule has 4 rings (SSSR count). The number of carbonyl (C=O) groups excluding carboxylic acids is 1. The Kier molecular flexibility index (Phi) is 4.52. The first-order valence-corrected chi connectivity index (χ1v) is 9.17. The molecule has 8 nitrogen and oxygen atoms in total. The molecule has 0 bridgehead atoms. The van der Waals surface area contributed by atoms with Gasteiger partial charge in [0.15, 0.2) is 5.65 Å². The van der Waals surface area contributed by atoms with Gasteiger partial charge in [-0.1, -0.05) is 0 Å². The molecule has 4 heterocycles. The van der Waals surface area contributed by atoms with Gasteiger partial charge in [-0.25, -0.2) is 0 Å². The Hall–Kier alpha value is -2.22. The summed E-state index contributed by atoms with van der Waals surface area (Å²) in [7, 11) is 0. The molecule has 0 radical (unpaired) electrons. The Morgan fingerprint density at radius 3 is 2.56 bits per heavy atom. The number of aromatic nitrogens is 4. The molecular formula is C17H25N7O. The number of amides is 1. The van der Waals surface area contributed by atoms with E-state index in [0.717, 1.165) is 63.6 Å². The molecule has 25 heavy (non-hydrogen) atoms. The van der Waals surface area contributed by atoms with Crippen molar-refractivity contribution in [1.29, 1.82) is 0 Å². The number of hydrogen-bond donors (Lipinski definition) is 0. The minimum absolute atomic E-state index is 0.0338. The molecule has 0 saturated carbocycles. The highest BCUT2D eigenvalue weighted by atomic mass is 16.2. The zero-order valence-electron chi connectivity index (χ0n) is 14.7. The summed E-state index contributed by atoms with van der Waals surface area (Å²) in [5.74, 6) is 1.22. The van der Waals surface area contributed by atoms with E-state index in [1.165, 1.54) is 6.42 Å². The Labute approximate surface area is 147 Å². The number of anilines is 1. The number of fused-ring (bicyclic) bond motifs is 1. The molecule has 0 spiro atoms. The van der Waals surface area contributed by atoms with Crippen molar-refractivity contribution in [3.05, 3.63) is 18.5 Å². The molecule has 134 valence electrons. The van der Waals surface area contributed by atoms with E-state index in [4.69, 9.17) is 0 Å². The predicted molar refractivity (Wildman–Crippen MR) is 94.5 cm³/mol. The Morgan fingerprint density at radius 2 is 1.80 bits per heavy atom. The van der Waals surface area contributed by atoms with E-state index < -0.39 is 0 Å². The number of likely N-dealkylation sites (tertiary alicyclic amines) is 1. The van der Waals surface area contributed by atoms with Crippen molar-refractivity contribution < 1.29 is 4.79 Å². The van der Waals surface area contributed by atoms with Crippen LogP contribution in [-0.2, 0) is 4.79 Å². The van der Waals surface area contributed by atoms with Crippen LogP contribution in [0, 0.1) is 0 Å². The molecule has 2 aliphatic rings. The van der Waals surface area contributed by atoms with Crippen LogP contribution in [0.2, 0.25) is 0 Å². The molecule has 0 aliphatic carbocycles. The van der Waals surface area contributed by atoms with Crippen LogP contribution >= 0.6 is 0 Å². The normalized spacial score (nSPS) is 20.8. The minimum atomic E-state index is -0.0338. The molecule has 0 unspecified atom stereocenters. The second-order valence-electron chi connectivity index (χ2n) is 6.91. The van der Waals surface area contributed by atoms with E-state index >= 15 is 0 Å². The first kappa shape index (κ1) is 16.3. The summed E-state index contributed by atoms with van der Waals surface area (Å²) in [6, 6.07) is 3.89. The van der Waals surface area contributed by atoms with E-state index in [-0.39, 0.29) is 11.9 Å². The molecule has 2 aliphatic heterocycles. The van der Waals surface area contributed by atoms with Crippen molar-refractivity contribution in [2.45, 2.75) is 32.2 Å². The second-order valence-corrected chi connectivity index (χ2v) is 6.91. The molecule has 2 aromatic heterocycles. The van der Waals surface area contributed by atoms with E-state index in [9.17, 15) is 4.79 Å². The summed E-state index contributed by atoms with van der Waals surface area (Å²) in [5, 5.41) is 12.4. The summed E-state index contributed by atoms with van der Waals surface area (Å²) in [4.78, 5) is 19.3. The van der Waals surface area contributed by atoms with Gasteiger partial charge >= 0.3 is 0 Å². The molecule has 0 N–H and O–H groups in total. The lowest BCUT2D eigenvalue weighted by molar-refractivity contribution is -0.137. The van der Waals surface area contributed by atoms with Gasteiger partial charge in [-0.3, -0.25) is 9.69 Å². The maximum absolute atomic E-state index is 12.7. The summed E-state index contributed by atoms with van der Waals surface area (Å²) >= 11 is 0. The van der Waals surface area contributed by atoms with Gasteiger partial charge in [0.05, 0.1) is 6.04 Å². The minimum Gasteiger partial charge on any atom is -0.353 e. The fourth-order valence-corrected chi connectivity index (χ4v) is 3.76. The lowest BCUT2D eigenvalue weighted by atomic mass is 10.1. The molecule has 0 aromatic carbocycles. The van der Waals surface area contributed by atoms with Crippen LogP contribution in [0.15, 0.2) is 18.5 Å². The van der Waals surface area contributed by atoms with Gasteiger partial charge in [0.1, 0.15) is 12.1 Å². The van der Waals surface area contributed by atoms with Crippen LogP contribution in [0.5, 0.6) is 0 Å². The predicted octanol–water partition coefficient (Wildman–Crippen LogP) is 0.647. The third-order valence-corrected chi connectivity index (χ3v) is 5.36. The Bertz CT molecular complexity index is 731. The third kappa shape index (κ3) is 3.30. The molecule has 2 fully saturated rings. The average Bonchev–Trinajstić information content (AvgIpc) is 3.15. The third-order valence-electron chi connectivity index (χ3n) is 5.36. The van der Waals surface area contributed by atoms with Crippen molar-refractivity contribution in [3.63, 3.8) is 0 Å². The fourth-order valence-electron chi connectivity index (χ4n) is 3.76. The monoisotopic (exact) mass is 343 g/mol. The fraction of sp³-hybridized carbons (Fsp3) is 0.647. The topological polar surface area (TPSA) is 69.9 Å². The van der Waals surface area contributed by atoms with Gasteiger partial charge in [-0.05, 0) is 38.3 Å². The van der Waals surface area contributed by atoms with Crippen LogP contribution in [0.4, 0.5) is 5.82 Å². The van der Waals surface area contributed by atoms with Gasteiger partial charge in [-0.2, -0.15) is 4.52 Å². The summed E-state index contributed by atoms with van der Waals surface area (Å²) in [6.07, 6.45) is 5.15. The van der Waals surface area contributed by atoms with Crippen molar-refractivity contribution in [1.82, 2.24) is 29.6 Å². The number of nitrogens with zero attached hydrogens (tertiary/aromatic N) is 7. The summed E-state index contributed by atoms with van der Waals surface area (Å²) < 4.78 is 1.70. The van der Waals surface area contributed by atoms with E-state index in [2.05, 4.69) is 25.1 Å². The van der Waals surface area contributed by atoms with Crippen LogP contribution < -0.4 is 4.90 Å². The Morgan fingerprint density at radius 1 is 1.04 bits per heavy atom. The second kappa shape index (κ2) is 6.95. The number of hydrogen-bond acceptors (Lipinski definition) is 6. The summed E-state index contributed by atoms with van der Waals surface area (Å²) in [5.41, 5.74) is 0.753. The number of piperidine rings is 1. The van der Waals surface area contributed by atoms with Gasteiger partial charge in [-0.15, -0.1) is 15.3 Å². The largest absolute Gasteiger partial charge is 0.353 e. The molecule has 8 heteroatoms. The first-order chi connectivity index (χ1) is 12.2. The van der Waals surface area contributed by atoms with Crippen LogP contribution in [-0.4, -0.2) is 80.8 Å². The lowest BCUT2D eigenvalue weighted by Crippen LogP contribution is -2.55. The molecule has 1 amide bonds. The highest BCUT2D eigenvalue weighted by molar-refractivity contribution is 5.81. The van der Waals surface area contributed by atoms with E-state index in [1.807, 2.05) is 24.0 Å². The maximum atomic E-state index is 12.7. The SMILES string of the molecule is C[C@@H](C(=O)N1CCCCC1)N1CCN(c2ccc3nncn3n2)CC1. The number of piperazine rings is 1. The van der Waals surface area contributed by atoms with Gasteiger partial charge < -0.3 is 9.80 Å². The highest BCUT2D eigenvalue weighted by Crippen LogP contribution is 2.17. The zero-order valence-corrected chi connectivity index (χ0v) is 14.7. The van der Waals surface area contributed by atoms with Crippen molar-refractivity contribution in [2.75, 3.05) is 44.2 Å². The van der Waals surface area contributed by atoms with E-state index in [0.29, 0.717) is 0 Å². The van der Waals surface area contributed by atoms with E-state index in [1.54, 1.807) is 10.8 Å². The zero-order chi connectivity index (χ0) is 17.2. The van der Waals surface area contributed by atoms with Gasteiger partial charge in [0.2, 0.25) is 5.91 Å². The quantitative estimate of drug-likeness (QED) is 0.815. The van der Waals surface area contributed by atoms with Crippen LogP contribution in [0.25, 0.3) is 5.65 Å². The van der Waals surface area contributed by atoms with Crippen molar-refractivity contribution in [2.24, 2.45) is 0 Å². The van der Waals surface area contributed by atoms with Crippen molar-refractivity contribution >= 4 is 17.4 Å². The maximum Gasteiger partial charge on any atom is 0.239 e. The molecule has 2 saturated heterocycles. The van der Waals surface area contributed by atoms with Gasteiger partial charge in [0, 0.05) is 39.3 Å².